The van der Waals surface area contributed by atoms with Gasteiger partial charge in [-0.15, -0.1) is 0 Å². The van der Waals surface area contributed by atoms with Crippen LogP contribution in [0.4, 0.5) is 0 Å². The van der Waals surface area contributed by atoms with Gasteiger partial charge in [0.25, 0.3) is 0 Å². The molecule has 0 radical (unpaired) electrons. The van der Waals surface area contributed by atoms with Crippen LogP contribution in [0.15, 0.2) is 53.0 Å². The molecule has 0 aliphatic rings. The van der Waals surface area contributed by atoms with Gasteiger partial charge in [0.15, 0.2) is 0 Å². The first kappa shape index (κ1) is 16.6. The Labute approximate surface area is 139 Å². The first-order valence-corrected chi connectivity index (χ1v) is 8.11. The number of amides is 1. The first-order valence-electron chi connectivity index (χ1n) is 7.31. The molecule has 116 valence electrons. The summed E-state index contributed by atoms with van der Waals surface area (Å²) in [5.41, 5.74) is 2.24. The Kier molecular flexibility index (Phi) is 6.46. The predicted molar refractivity (Wildman–Crippen MR) is 92.2 cm³/mol. The third kappa shape index (κ3) is 5.53. The van der Waals surface area contributed by atoms with E-state index in [2.05, 4.69) is 27.3 Å². The molecule has 0 spiro atoms. The Balaban J connectivity index is 1.70. The molecule has 1 N–H and O–H groups in total. The number of hydrogen-bond donors (Lipinski definition) is 1. The van der Waals surface area contributed by atoms with E-state index in [4.69, 9.17) is 4.74 Å². The average Bonchev–Trinajstić information content (AvgIpc) is 2.52. The van der Waals surface area contributed by atoms with E-state index in [0.29, 0.717) is 13.0 Å². The number of nitrogens with one attached hydrogen (secondary N) is 1. The Morgan fingerprint density at radius 2 is 1.91 bits per heavy atom. The van der Waals surface area contributed by atoms with Gasteiger partial charge in [0.1, 0.15) is 5.75 Å². The number of carbonyl (C=O) groups excluding carboxylic acids is 1. The summed E-state index contributed by atoms with van der Waals surface area (Å²) in [4.78, 5) is 11.9. The zero-order valence-corrected chi connectivity index (χ0v) is 14.2. The van der Waals surface area contributed by atoms with Crippen molar-refractivity contribution in [2.24, 2.45) is 0 Å². The van der Waals surface area contributed by atoms with E-state index in [1.54, 1.807) is 7.11 Å². The van der Waals surface area contributed by atoms with Gasteiger partial charge < -0.3 is 10.1 Å². The third-order valence-corrected chi connectivity index (χ3v) is 3.85. The first-order chi connectivity index (χ1) is 10.7. The van der Waals surface area contributed by atoms with Crippen molar-refractivity contribution < 1.29 is 9.53 Å². The Bertz CT molecular complexity index is 628. The molecule has 0 saturated heterocycles. The van der Waals surface area contributed by atoms with Crippen molar-refractivity contribution in [3.8, 4) is 5.75 Å². The maximum absolute atomic E-state index is 11.9. The monoisotopic (exact) mass is 361 g/mol. The molecule has 0 unspecified atom stereocenters. The Morgan fingerprint density at radius 1 is 1.14 bits per heavy atom. The summed E-state index contributed by atoms with van der Waals surface area (Å²) >= 11 is 3.41. The number of benzene rings is 2. The van der Waals surface area contributed by atoms with Gasteiger partial charge in [-0.2, -0.15) is 0 Å². The molecule has 0 aromatic heterocycles. The van der Waals surface area contributed by atoms with E-state index in [9.17, 15) is 4.79 Å². The highest BCUT2D eigenvalue weighted by Gasteiger charge is 2.03. The zero-order valence-electron chi connectivity index (χ0n) is 12.6. The highest BCUT2D eigenvalue weighted by Crippen LogP contribution is 2.14. The summed E-state index contributed by atoms with van der Waals surface area (Å²) in [7, 11) is 1.67. The van der Waals surface area contributed by atoms with Crippen LogP contribution in [0.25, 0.3) is 0 Å². The van der Waals surface area contributed by atoms with Crippen molar-refractivity contribution in [2.75, 3.05) is 13.7 Å². The number of methoxy groups -OCH3 is 1. The molecular formula is C18H20BrNO2. The van der Waals surface area contributed by atoms with Gasteiger partial charge in [-0.05, 0) is 48.2 Å². The van der Waals surface area contributed by atoms with Crippen molar-refractivity contribution in [1.29, 1.82) is 0 Å². The number of carbonyl (C=O) groups is 1. The number of ether oxygens (including phenoxy) is 1. The summed E-state index contributed by atoms with van der Waals surface area (Å²) in [6.07, 6.45) is 2.25. The van der Waals surface area contributed by atoms with E-state index in [1.807, 2.05) is 42.5 Å². The quantitative estimate of drug-likeness (QED) is 0.762. The number of rotatable bonds is 7. The second-order valence-corrected chi connectivity index (χ2v) is 6.03. The fourth-order valence-corrected chi connectivity index (χ4v) is 2.69. The van der Waals surface area contributed by atoms with Crippen LogP contribution in [0.3, 0.4) is 0 Å². The van der Waals surface area contributed by atoms with Crippen LogP contribution in [-0.4, -0.2) is 19.6 Å². The fraction of sp³-hybridized carbons (Fsp3) is 0.278. The number of halogens is 1. The molecule has 22 heavy (non-hydrogen) atoms. The van der Waals surface area contributed by atoms with Crippen molar-refractivity contribution in [3.63, 3.8) is 0 Å². The van der Waals surface area contributed by atoms with Crippen LogP contribution < -0.4 is 10.1 Å². The zero-order chi connectivity index (χ0) is 15.8. The predicted octanol–water partition coefficient (Wildman–Crippen LogP) is 3.75. The summed E-state index contributed by atoms with van der Waals surface area (Å²) < 4.78 is 6.20. The molecule has 0 bridgehead atoms. The van der Waals surface area contributed by atoms with Gasteiger partial charge >= 0.3 is 0 Å². The maximum Gasteiger partial charge on any atom is 0.224 e. The molecule has 1 amide bonds. The van der Waals surface area contributed by atoms with Crippen molar-refractivity contribution in [1.82, 2.24) is 5.32 Å². The smallest absolute Gasteiger partial charge is 0.224 e. The van der Waals surface area contributed by atoms with Gasteiger partial charge in [-0.25, -0.2) is 0 Å². The van der Waals surface area contributed by atoms with Crippen LogP contribution in [0.1, 0.15) is 17.5 Å². The summed E-state index contributed by atoms with van der Waals surface area (Å²) in [5.74, 6) is 0.930. The Hall–Kier alpha value is -1.81. The second kappa shape index (κ2) is 8.59. The number of hydrogen-bond acceptors (Lipinski definition) is 2. The van der Waals surface area contributed by atoms with E-state index >= 15 is 0 Å². The van der Waals surface area contributed by atoms with E-state index < -0.39 is 0 Å². The highest BCUT2D eigenvalue weighted by molar-refractivity contribution is 9.10. The average molecular weight is 362 g/mol. The Morgan fingerprint density at radius 3 is 2.68 bits per heavy atom. The van der Waals surface area contributed by atoms with Crippen molar-refractivity contribution in [3.05, 3.63) is 64.1 Å². The van der Waals surface area contributed by atoms with E-state index in [1.165, 1.54) is 5.56 Å². The van der Waals surface area contributed by atoms with Crippen molar-refractivity contribution in [2.45, 2.75) is 19.3 Å². The van der Waals surface area contributed by atoms with Gasteiger partial charge in [0.05, 0.1) is 13.5 Å². The van der Waals surface area contributed by atoms with E-state index in [0.717, 1.165) is 28.6 Å². The van der Waals surface area contributed by atoms with Crippen LogP contribution in [0.2, 0.25) is 0 Å². The lowest BCUT2D eigenvalue weighted by molar-refractivity contribution is -0.120. The molecule has 0 fully saturated rings. The second-order valence-electron chi connectivity index (χ2n) is 5.11. The molecule has 2 aromatic rings. The molecule has 0 heterocycles. The van der Waals surface area contributed by atoms with Crippen molar-refractivity contribution >= 4 is 21.8 Å². The standard InChI is InChI=1S/C18H20BrNO2/c1-22-17-9-3-5-14(12-17)7-4-10-20-18(21)13-15-6-2-8-16(19)11-15/h2-3,5-6,8-9,11-12H,4,7,10,13H2,1H3,(H,20,21). The summed E-state index contributed by atoms with van der Waals surface area (Å²) in [6, 6.07) is 15.8. The molecule has 2 aromatic carbocycles. The highest BCUT2D eigenvalue weighted by atomic mass is 79.9. The van der Waals surface area contributed by atoms with Crippen LogP contribution in [0, 0.1) is 0 Å². The van der Waals surface area contributed by atoms with Gasteiger partial charge in [0, 0.05) is 11.0 Å². The normalized spacial score (nSPS) is 10.3. The van der Waals surface area contributed by atoms with Crippen LogP contribution >= 0.6 is 15.9 Å². The molecule has 3 nitrogen and oxygen atoms in total. The molecule has 2 rings (SSSR count). The molecule has 0 atom stereocenters. The third-order valence-electron chi connectivity index (χ3n) is 3.35. The van der Waals surface area contributed by atoms with Crippen LogP contribution in [0.5, 0.6) is 5.75 Å². The summed E-state index contributed by atoms with van der Waals surface area (Å²) in [6.45, 7) is 0.685. The largest absolute Gasteiger partial charge is 0.497 e. The molecule has 0 aliphatic carbocycles. The van der Waals surface area contributed by atoms with Gasteiger partial charge in [-0.3, -0.25) is 4.79 Å². The lowest BCUT2D eigenvalue weighted by atomic mass is 10.1. The van der Waals surface area contributed by atoms with Gasteiger partial charge in [0.2, 0.25) is 5.91 Å². The minimum atomic E-state index is 0.0590. The minimum absolute atomic E-state index is 0.0590. The molecule has 0 aliphatic heterocycles. The molecule has 4 heteroatoms. The topological polar surface area (TPSA) is 38.3 Å². The molecule has 0 saturated carbocycles. The lowest BCUT2D eigenvalue weighted by Crippen LogP contribution is -2.26. The minimum Gasteiger partial charge on any atom is -0.497 e. The van der Waals surface area contributed by atoms with Gasteiger partial charge in [-0.1, -0.05) is 40.2 Å². The van der Waals surface area contributed by atoms with Crippen LogP contribution in [-0.2, 0) is 17.6 Å². The molecular weight excluding hydrogens is 342 g/mol. The van der Waals surface area contributed by atoms with E-state index in [-0.39, 0.29) is 5.91 Å². The number of aryl methyl sites for hydroxylation is 1. The fourth-order valence-electron chi connectivity index (χ4n) is 2.24. The SMILES string of the molecule is COc1cccc(CCCNC(=O)Cc2cccc(Br)c2)c1. The summed E-state index contributed by atoms with van der Waals surface area (Å²) in [5, 5.41) is 2.96. The maximum atomic E-state index is 11.9. The lowest BCUT2D eigenvalue weighted by Gasteiger charge is -2.07.